The normalized spacial score (nSPS) is 10.7. The molecule has 0 atom stereocenters. The minimum absolute atomic E-state index is 0.121. The fourth-order valence-electron chi connectivity index (χ4n) is 1.94. The van der Waals surface area contributed by atoms with E-state index in [-0.39, 0.29) is 5.82 Å². The van der Waals surface area contributed by atoms with Crippen molar-refractivity contribution in [2.75, 3.05) is 13.6 Å². The zero-order valence-corrected chi connectivity index (χ0v) is 9.86. The molecule has 1 aromatic carbocycles. The van der Waals surface area contributed by atoms with E-state index >= 15 is 0 Å². The van der Waals surface area contributed by atoms with Gasteiger partial charge in [-0.15, -0.1) is 0 Å². The molecule has 1 nitrogen and oxygen atoms in total. The largest absolute Gasteiger partial charge is 0.320 e. The first-order valence-electron chi connectivity index (χ1n) is 5.55. The molecule has 0 unspecified atom stereocenters. The number of hydrogen-bond acceptors (Lipinski definition) is 1. The van der Waals surface area contributed by atoms with Gasteiger partial charge in [-0.2, -0.15) is 0 Å². The zero-order chi connectivity index (χ0) is 11.3. The van der Waals surface area contributed by atoms with Crippen LogP contribution in [0.3, 0.4) is 0 Å². The van der Waals surface area contributed by atoms with Gasteiger partial charge in [-0.25, -0.2) is 4.39 Å². The van der Waals surface area contributed by atoms with Crippen LogP contribution in [-0.2, 0) is 6.42 Å². The standard InChI is InChI=1S/C13H20FN/c1-10-8-12(14)9-11(2)13(10)6-4-5-7-15-3/h8-9,15H,4-7H2,1-3H3. The van der Waals surface area contributed by atoms with E-state index in [1.807, 2.05) is 20.9 Å². The molecule has 0 aromatic heterocycles. The van der Waals surface area contributed by atoms with Crippen molar-refractivity contribution >= 4 is 0 Å². The van der Waals surface area contributed by atoms with E-state index in [1.165, 1.54) is 12.0 Å². The van der Waals surface area contributed by atoms with E-state index in [4.69, 9.17) is 0 Å². The molecule has 0 amide bonds. The van der Waals surface area contributed by atoms with E-state index < -0.39 is 0 Å². The van der Waals surface area contributed by atoms with Crippen LogP contribution >= 0.6 is 0 Å². The van der Waals surface area contributed by atoms with Crippen molar-refractivity contribution < 1.29 is 4.39 Å². The average Bonchev–Trinajstić information content (AvgIpc) is 2.15. The Morgan fingerprint density at radius 2 is 1.73 bits per heavy atom. The van der Waals surface area contributed by atoms with Gasteiger partial charge >= 0.3 is 0 Å². The van der Waals surface area contributed by atoms with E-state index in [2.05, 4.69) is 5.32 Å². The molecule has 0 heterocycles. The van der Waals surface area contributed by atoms with Crippen LogP contribution in [0.5, 0.6) is 0 Å². The first-order chi connectivity index (χ1) is 7.15. The lowest BCUT2D eigenvalue weighted by molar-refractivity contribution is 0.622. The molecular formula is C13H20FN. The minimum Gasteiger partial charge on any atom is -0.320 e. The zero-order valence-electron chi connectivity index (χ0n) is 9.86. The molecule has 0 aliphatic rings. The Balaban J connectivity index is 2.60. The third-order valence-electron chi connectivity index (χ3n) is 2.76. The fourth-order valence-corrected chi connectivity index (χ4v) is 1.94. The van der Waals surface area contributed by atoms with Gasteiger partial charge in [0.1, 0.15) is 5.82 Å². The van der Waals surface area contributed by atoms with Crippen molar-refractivity contribution in [1.82, 2.24) is 5.32 Å². The summed E-state index contributed by atoms with van der Waals surface area (Å²) in [6, 6.07) is 3.25. The molecule has 0 aliphatic heterocycles. The van der Waals surface area contributed by atoms with Crippen LogP contribution in [-0.4, -0.2) is 13.6 Å². The fraction of sp³-hybridized carbons (Fsp3) is 0.538. The maximum atomic E-state index is 13.0. The highest BCUT2D eigenvalue weighted by atomic mass is 19.1. The minimum atomic E-state index is -0.121. The van der Waals surface area contributed by atoms with Crippen molar-refractivity contribution in [3.8, 4) is 0 Å². The Labute approximate surface area is 91.7 Å². The summed E-state index contributed by atoms with van der Waals surface area (Å²) in [5.41, 5.74) is 3.47. The number of unbranched alkanes of at least 4 members (excludes halogenated alkanes) is 1. The summed E-state index contributed by atoms with van der Waals surface area (Å²) < 4.78 is 13.0. The monoisotopic (exact) mass is 209 g/mol. The second-order valence-corrected chi connectivity index (χ2v) is 4.08. The van der Waals surface area contributed by atoms with Crippen molar-refractivity contribution in [2.24, 2.45) is 0 Å². The summed E-state index contributed by atoms with van der Waals surface area (Å²) in [5, 5.41) is 3.13. The molecule has 0 aliphatic carbocycles. The molecule has 0 bridgehead atoms. The highest BCUT2D eigenvalue weighted by Gasteiger charge is 2.04. The molecule has 0 saturated carbocycles. The Morgan fingerprint density at radius 1 is 1.13 bits per heavy atom. The average molecular weight is 209 g/mol. The van der Waals surface area contributed by atoms with E-state index in [9.17, 15) is 4.39 Å². The number of hydrogen-bond donors (Lipinski definition) is 1. The van der Waals surface area contributed by atoms with Crippen LogP contribution in [0.25, 0.3) is 0 Å². The molecule has 15 heavy (non-hydrogen) atoms. The maximum absolute atomic E-state index is 13.0. The van der Waals surface area contributed by atoms with Crippen molar-refractivity contribution in [3.63, 3.8) is 0 Å². The van der Waals surface area contributed by atoms with Gasteiger partial charge in [-0.1, -0.05) is 0 Å². The van der Waals surface area contributed by atoms with Gasteiger partial charge < -0.3 is 5.32 Å². The second kappa shape index (κ2) is 5.86. The van der Waals surface area contributed by atoms with Gasteiger partial charge in [0.05, 0.1) is 0 Å². The van der Waals surface area contributed by atoms with Gasteiger partial charge in [-0.3, -0.25) is 0 Å². The number of benzene rings is 1. The molecule has 0 fully saturated rings. The highest BCUT2D eigenvalue weighted by molar-refractivity contribution is 5.34. The number of halogens is 1. The van der Waals surface area contributed by atoms with Crippen LogP contribution in [0.4, 0.5) is 4.39 Å². The third kappa shape index (κ3) is 3.63. The first-order valence-corrected chi connectivity index (χ1v) is 5.55. The van der Waals surface area contributed by atoms with Gasteiger partial charge in [0, 0.05) is 0 Å². The van der Waals surface area contributed by atoms with Gasteiger partial charge in [0.15, 0.2) is 0 Å². The Morgan fingerprint density at radius 3 is 2.27 bits per heavy atom. The van der Waals surface area contributed by atoms with Crippen molar-refractivity contribution in [1.29, 1.82) is 0 Å². The molecule has 1 aromatic rings. The van der Waals surface area contributed by atoms with E-state index in [0.29, 0.717) is 0 Å². The van der Waals surface area contributed by atoms with Crippen LogP contribution in [0, 0.1) is 19.7 Å². The molecule has 1 rings (SSSR count). The molecule has 1 N–H and O–H groups in total. The van der Waals surface area contributed by atoms with Gasteiger partial charge in [0.25, 0.3) is 0 Å². The van der Waals surface area contributed by atoms with Crippen LogP contribution < -0.4 is 5.32 Å². The lowest BCUT2D eigenvalue weighted by Gasteiger charge is -2.09. The highest BCUT2D eigenvalue weighted by Crippen LogP contribution is 2.18. The Kier molecular flexibility index (Phi) is 4.76. The van der Waals surface area contributed by atoms with Gasteiger partial charge in [-0.05, 0) is 75.5 Å². The predicted molar refractivity (Wildman–Crippen MR) is 62.7 cm³/mol. The lowest BCUT2D eigenvalue weighted by Crippen LogP contribution is -2.08. The SMILES string of the molecule is CNCCCCc1c(C)cc(F)cc1C. The Hall–Kier alpha value is -0.890. The molecule has 0 spiro atoms. The third-order valence-corrected chi connectivity index (χ3v) is 2.76. The molecule has 2 heteroatoms. The summed E-state index contributed by atoms with van der Waals surface area (Å²) in [6.45, 7) is 5.03. The topological polar surface area (TPSA) is 12.0 Å². The van der Waals surface area contributed by atoms with E-state index in [0.717, 1.165) is 30.5 Å². The van der Waals surface area contributed by atoms with Crippen LogP contribution in [0.2, 0.25) is 0 Å². The summed E-state index contributed by atoms with van der Waals surface area (Å²) in [4.78, 5) is 0. The summed E-state index contributed by atoms with van der Waals surface area (Å²) in [6.07, 6.45) is 3.39. The smallest absolute Gasteiger partial charge is 0.123 e. The molecule has 0 radical (unpaired) electrons. The van der Waals surface area contributed by atoms with E-state index in [1.54, 1.807) is 12.1 Å². The maximum Gasteiger partial charge on any atom is 0.123 e. The summed E-state index contributed by atoms with van der Waals surface area (Å²) in [5.74, 6) is -0.121. The van der Waals surface area contributed by atoms with Crippen LogP contribution in [0.1, 0.15) is 29.5 Å². The Bertz CT molecular complexity index is 297. The second-order valence-electron chi connectivity index (χ2n) is 4.08. The molecule has 0 saturated heterocycles. The van der Waals surface area contributed by atoms with Gasteiger partial charge in [0.2, 0.25) is 0 Å². The van der Waals surface area contributed by atoms with Crippen LogP contribution in [0.15, 0.2) is 12.1 Å². The summed E-state index contributed by atoms with van der Waals surface area (Å²) in [7, 11) is 1.97. The lowest BCUT2D eigenvalue weighted by atomic mass is 9.97. The van der Waals surface area contributed by atoms with Crippen molar-refractivity contribution in [3.05, 3.63) is 34.6 Å². The predicted octanol–water partition coefficient (Wildman–Crippen LogP) is 2.98. The number of aryl methyl sites for hydroxylation is 2. The quantitative estimate of drug-likeness (QED) is 0.735. The van der Waals surface area contributed by atoms with Crippen molar-refractivity contribution in [2.45, 2.75) is 33.1 Å². The molecular weight excluding hydrogens is 189 g/mol. The summed E-state index contributed by atoms with van der Waals surface area (Å²) >= 11 is 0. The molecule has 84 valence electrons. The first kappa shape index (κ1) is 12.2. The number of nitrogens with one attached hydrogen (secondary N) is 1. The number of rotatable bonds is 5.